The molecule has 0 spiro atoms. The number of nitrogens with one attached hydrogen (secondary N) is 2. The SMILES string of the molecule is COc1cc(C(=O)NC2=NC(c3ccccc3Cl)CC(=O)N2)cc(OC)c1OC. The molecule has 8 nitrogen and oxygen atoms in total. The number of carbonyl (C=O) groups excluding carboxylic acids is 2. The number of methoxy groups -OCH3 is 3. The number of halogens is 1. The lowest BCUT2D eigenvalue weighted by molar-refractivity contribution is -0.120. The summed E-state index contributed by atoms with van der Waals surface area (Å²) in [4.78, 5) is 29.3. The van der Waals surface area contributed by atoms with Crippen molar-refractivity contribution >= 4 is 29.4 Å². The molecule has 9 heteroatoms. The van der Waals surface area contributed by atoms with Gasteiger partial charge in [-0.15, -0.1) is 0 Å². The third-order valence-corrected chi connectivity index (χ3v) is 4.69. The summed E-state index contributed by atoms with van der Waals surface area (Å²) in [6, 6.07) is 9.66. The summed E-state index contributed by atoms with van der Waals surface area (Å²) in [5.41, 5.74) is 0.958. The highest BCUT2D eigenvalue weighted by atomic mass is 35.5. The molecule has 2 amide bonds. The van der Waals surface area contributed by atoms with Crippen LogP contribution in [0, 0.1) is 0 Å². The lowest BCUT2D eigenvalue weighted by atomic mass is 10.0. The summed E-state index contributed by atoms with van der Waals surface area (Å²) in [7, 11) is 4.39. The molecule has 29 heavy (non-hydrogen) atoms. The molecule has 1 atom stereocenters. The monoisotopic (exact) mass is 417 g/mol. The minimum atomic E-state index is -0.497. The van der Waals surface area contributed by atoms with E-state index in [4.69, 9.17) is 25.8 Å². The van der Waals surface area contributed by atoms with Gasteiger partial charge in [-0.1, -0.05) is 29.8 Å². The summed E-state index contributed by atoms with van der Waals surface area (Å²) in [6.07, 6.45) is 0.132. The second-order valence-corrected chi connectivity index (χ2v) is 6.54. The molecule has 152 valence electrons. The number of amides is 2. The summed E-state index contributed by atoms with van der Waals surface area (Å²) in [5, 5.41) is 5.68. The Morgan fingerprint density at radius 3 is 2.38 bits per heavy atom. The number of carbonyl (C=O) groups is 2. The summed E-state index contributed by atoms with van der Waals surface area (Å²) >= 11 is 6.22. The normalized spacial score (nSPS) is 15.8. The number of rotatable bonds is 5. The lowest BCUT2D eigenvalue weighted by Gasteiger charge is -2.22. The molecule has 0 bridgehead atoms. The molecule has 3 rings (SSSR count). The fraction of sp³-hybridized carbons (Fsp3) is 0.250. The topological polar surface area (TPSA) is 98.2 Å². The van der Waals surface area contributed by atoms with Gasteiger partial charge in [-0.05, 0) is 23.8 Å². The van der Waals surface area contributed by atoms with Crippen LogP contribution in [-0.4, -0.2) is 39.1 Å². The maximum Gasteiger partial charge on any atom is 0.258 e. The Hall–Kier alpha value is -3.26. The van der Waals surface area contributed by atoms with Gasteiger partial charge in [-0.2, -0.15) is 0 Å². The quantitative estimate of drug-likeness (QED) is 0.779. The van der Waals surface area contributed by atoms with E-state index in [0.29, 0.717) is 27.8 Å². The van der Waals surface area contributed by atoms with E-state index >= 15 is 0 Å². The number of hydrogen-bond donors (Lipinski definition) is 2. The van der Waals surface area contributed by atoms with Crippen LogP contribution in [0.2, 0.25) is 5.02 Å². The molecule has 0 fully saturated rings. The van der Waals surface area contributed by atoms with Crippen molar-refractivity contribution in [3.63, 3.8) is 0 Å². The van der Waals surface area contributed by atoms with E-state index in [9.17, 15) is 9.59 Å². The van der Waals surface area contributed by atoms with E-state index in [0.717, 1.165) is 0 Å². The first-order valence-electron chi connectivity index (χ1n) is 8.70. The molecular formula is C20H20ClN3O5. The Morgan fingerprint density at radius 2 is 1.79 bits per heavy atom. The number of ether oxygens (including phenoxy) is 3. The largest absolute Gasteiger partial charge is 0.493 e. The molecule has 1 aliphatic heterocycles. The van der Waals surface area contributed by atoms with Gasteiger partial charge >= 0.3 is 0 Å². The Labute approximate surface area is 172 Å². The van der Waals surface area contributed by atoms with Crippen LogP contribution in [0.5, 0.6) is 17.2 Å². The van der Waals surface area contributed by atoms with Crippen LogP contribution in [0.15, 0.2) is 41.4 Å². The van der Waals surface area contributed by atoms with Gasteiger partial charge in [-0.25, -0.2) is 4.99 Å². The van der Waals surface area contributed by atoms with Crippen molar-refractivity contribution in [3.05, 3.63) is 52.5 Å². The molecule has 1 unspecified atom stereocenters. The van der Waals surface area contributed by atoms with Gasteiger partial charge in [0.25, 0.3) is 5.91 Å². The summed E-state index contributed by atoms with van der Waals surface area (Å²) in [5.74, 6) is 0.313. The van der Waals surface area contributed by atoms with Gasteiger partial charge in [0.05, 0.1) is 33.8 Å². The van der Waals surface area contributed by atoms with E-state index < -0.39 is 11.9 Å². The minimum absolute atomic E-state index is 0.0462. The Morgan fingerprint density at radius 1 is 1.14 bits per heavy atom. The van der Waals surface area contributed by atoms with E-state index in [2.05, 4.69) is 15.6 Å². The van der Waals surface area contributed by atoms with Gasteiger partial charge in [-0.3, -0.25) is 20.2 Å². The third-order valence-electron chi connectivity index (χ3n) is 4.34. The number of hydrogen-bond acceptors (Lipinski definition) is 6. The minimum Gasteiger partial charge on any atom is -0.493 e. The Bertz CT molecular complexity index is 951. The molecule has 2 N–H and O–H groups in total. The molecule has 2 aromatic carbocycles. The smallest absolute Gasteiger partial charge is 0.258 e. The average molecular weight is 418 g/mol. The van der Waals surface area contributed by atoms with E-state index in [1.807, 2.05) is 6.07 Å². The second kappa shape index (κ2) is 8.83. The van der Waals surface area contributed by atoms with E-state index in [1.165, 1.54) is 33.5 Å². The summed E-state index contributed by atoms with van der Waals surface area (Å²) in [6.45, 7) is 0. The predicted octanol–water partition coefficient (Wildman–Crippen LogP) is 2.71. The maximum absolute atomic E-state index is 12.7. The number of guanidine groups is 1. The number of aliphatic imine (C=N–C) groups is 1. The number of nitrogens with zero attached hydrogens (tertiary/aromatic N) is 1. The van der Waals surface area contributed by atoms with Crippen LogP contribution < -0.4 is 24.8 Å². The second-order valence-electron chi connectivity index (χ2n) is 6.14. The van der Waals surface area contributed by atoms with Crippen molar-refractivity contribution in [2.45, 2.75) is 12.5 Å². The molecule has 0 saturated heterocycles. The Kier molecular flexibility index (Phi) is 6.23. The van der Waals surface area contributed by atoms with E-state index in [1.54, 1.807) is 18.2 Å². The molecule has 1 heterocycles. The van der Waals surface area contributed by atoms with Crippen molar-refractivity contribution in [1.82, 2.24) is 10.6 Å². The van der Waals surface area contributed by atoms with Crippen molar-refractivity contribution in [1.29, 1.82) is 0 Å². The van der Waals surface area contributed by atoms with E-state index in [-0.39, 0.29) is 23.9 Å². The molecular weight excluding hydrogens is 398 g/mol. The van der Waals surface area contributed by atoms with Gasteiger partial charge in [0.1, 0.15) is 0 Å². The van der Waals surface area contributed by atoms with Crippen molar-refractivity contribution in [2.24, 2.45) is 4.99 Å². The van der Waals surface area contributed by atoms with Gasteiger partial charge in [0.15, 0.2) is 11.5 Å². The average Bonchev–Trinajstić information content (AvgIpc) is 2.72. The van der Waals surface area contributed by atoms with Crippen LogP contribution >= 0.6 is 11.6 Å². The van der Waals surface area contributed by atoms with Crippen LogP contribution in [0.4, 0.5) is 0 Å². The van der Waals surface area contributed by atoms with Crippen LogP contribution in [0.25, 0.3) is 0 Å². The zero-order valence-corrected chi connectivity index (χ0v) is 16.9. The highest BCUT2D eigenvalue weighted by molar-refractivity contribution is 6.31. The first-order chi connectivity index (χ1) is 14.0. The van der Waals surface area contributed by atoms with Crippen molar-refractivity contribution in [3.8, 4) is 17.2 Å². The maximum atomic E-state index is 12.7. The number of benzene rings is 2. The molecule has 1 aliphatic rings. The van der Waals surface area contributed by atoms with Gasteiger partial charge in [0.2, 0.25) is 17.6 Å². The fourth-order valence-corrected chi connectivity index (χ4v) is 3.23. The standard InChI is InChI=1S/C20H20ClN3O5/c1-27-15-8-11(9-16(28-2)18(15)29-3)19(26)24-20-22-14(10-17(25)23-20)12-6-4-5-7-13(12)21/h4-9,14H,10H2,1-3H3,(H2,22,23,24,25,26). The van der Waals surface area contributed by atoms with Crippen LogP contribution in [-0.2, 0) is 4.79 Å². The first kappa shape index (κ1) is 20.5. The van der Waals surface area contributed by atoms with Gasteiger partial charge in [0, 0.05) is 10.6 Å². The molecule has 0 radical (unpaired) electrons. The van der Waals surface area contributed by atoms with Crippen LogP contribution in [0.3, 0.4) is 0 Å². The third kappa shape index (κ3) is 4.43. The zero-order valence-electron chi connectivity index (χ0n) is 16.1. The van der Waals surface area contributed by atoms with Gasteiger partial charge < -0.3 is 14.2 Å². The summed E-state index contributed by atoms with van der Waals surface area (Å²) < 4.78 is 15.8. The highest BCUT2D eigenvalue weighted by Crippen LogP contribution is 2.38. The molecule has 0 aliphatic carbocycles. The zero-order chi connectivity index (χ0) is 21.0. The van der Waals surface area contributed by atoms with Crippen molar-refractivity contribution < 1.29 is 23.8 Å². The molecule has 0 saturated carbocycles. The molecule has 2 aromatic rings. The van der Waals surface area contributed by atoms with Crippen molar-refractivity contribution in [2.75, 3.05) is 21.3 Å². The first-order valence-corrected chi connectivity index (χ1v) is 9.08. The fourth-order valence-electron chi connectivity index (χ4n) is 2.97. The van der Waals surface area contributed by atoms with Crippen LogP contribution in [0.1, 0.15) is 28.4 Å². The molecule has 0 aromatic heterocycles. The highest BCUT2D eigenvalue weighted by Gasteiger charge is 2.26. The lowest BCUT2D eigenvalue weighted by Crippen LogP contribution is -2.47. The predicted molar refractivity (Wildman–Crippen MR) is 108 cm³/mol. The Balaban J connectivity index is 1.88.